The molecular weight excluding hydrogens is 306 g/mol. The maximum Gasteiger partial charge on any atom is 0.265 e. The number of hydrogen-bond acceptors (Lipinski definition) is 4. The van der Waals surface area contributed by atoms with Crippen molar-refractivity contribution in [2.24, 2.45) is 0 Å². The maximum atomic E-state index is 12.3. The van der Waals surface area contributed by atoms with Gasteiger partial charge in [-0.15, -0.1) is 11.3 Å². The number of rotatable bonds is 4. The molecule has 2 rings (SSSR count). The van der Waals surface area contributed by atoms with Crippen LogP contribution in [0.25, 0.3) is 0 Å². The van der Waals surface area contributed by atoms with E-state index in [2.05, 4.69) is 5.32 Å². The molecule has 0 aliphatic heterocycles. The Kier molecular flexibility index (Phi) is 4.49. The zero-order valence-electron chi connectivity index (χ0n) is 12.1. The lowest BCUT2D eigenvalue weighted by Crippen LogP contribution is -2.13. The van der Waals surface area contributed by atoms with E-state index >= 15 is 0 Å². The number of nitrogens with one attached hydrogen (secondary N) is 1. The van der Waals surface area contributed by atoms with Crippen LogP contribution in [0, 0.1) is 6.92 Å². The lowest BCUT2D eigenvalue weighted by Gasteiger charge is -2.08. The van der Waals surface area contributed by atoms with Crippen LogP contribution in [0.15, 0.2) is 35.2 Å². The highest BCUT2D eigenvalue weighted by Gasteiger charge is 2.17. The van der Waals surface area contributed by atoms with Gasteiger partial charge in [0.2, 0.25) is 0 Å². The predicted octanol–water partition coefficient (Wildman–Crippen LogP) is 3.27. The monoisotopic (exact) mass is 323 g/mol. The van der Waals surface area contributed by atoms with E-state index in [4.69, 9.17) is 0 Å². The van der Waals surface area contributed by atoms with Crippen LogP contribution in [0.2, 0.25) is 0 Å². The number of benzene rings is 1. The van der Waals surface area contributed by atoms with E-state index in [1.807, 2.05) is 19.9 Å². The van der Waals surface area contributed by atoms with Crippen LogP contribution >= 0.6 is 11.3 Å². The van der Waals surface area contributed by atoms with Gasteiger partial charge in [0.1, 0.15) is 0 Å². The fourth-order valence-corrected chi connectivity index (χ4v) is 3.91. The standard InChI is InChI=1S/C15H17NO3S2/c1-4-11-9-13(20-10(11)2)15(17)16-12-7-5-6-8-14(12)21(3,18)19/h5-9H,4H2,1-3H3,(H,16,17). The normalized spacial score (nSPS) is 11.4. The van der Waals surface area contributed by atoms with E-state index in [9.17, 15) is 13.2 Å². The summed E-state index contributed by atoms with van der Waals surface area (Å²) in [7, 11) is -3.38. The van der Waals surface area contributed by atoms with Gasteiger partial charge in [0, 0.05) is 11.1 Å². The number of sulfone groups is 1. The highest BCUT2D eigenvalue weighted by atomic mass is 32.2. The molecule has 21 heavy (non-hydrogen) atoms. The van der Waals surface area contributed by atoms with Gasteiger partial charge in [-0.25, -0.2) is 8.42 Å². The van der Waals surface area contributed by atoms with Crippen LogP contribution in [0.5, 0.6) is 0 Å². The molecule has 1 N–H and O–H groups in total. The molecule has 1 heterocycles. The van der Waals surface area contributed by atoms with E-state index in [1.54, 1.807) is 18.2 Å². The Labute approximate surface area is 128 Å². The van der Waals surface area contributed by atoms with E-state index < -0.39 is 9.84 Å². The number of thiophene rings is 1. The second kappa shape index (κ2) is 5.99. The van der Waals surface area contributed by atoms with Crippen molar-refractivity contribution < 1.29 is 13.2 Å². The van der Waals surface area contributed by atoms with Crippen molar-refractivity contribution in [3.05, 3.63) is 45.6 Å². The number of carbonyl (C=O) groups excluding carboxylic acids is 1. The molecule has 1 aromatic heterocycles. The van der Waals surface area contributed by atoms with Gasteiger partial charge >= 0.3 is 0 Å². The Morgan fingerprint density at radius 3 is 2.52 bits per heavy atom. The number of aryl methyl sites for hydroxylation is 2. The van der Waals surface area contributed by atoms with Gasteiger partial charge in [0.25, 0.3) is 5.91 Å². The van der Waals surface area contributed by atoms with Crippen molar-refractivity contribution in [3.63, 3.8) is 0 Å². The molecule has 0 saturated heterocycles. The molecule has 0 unspecified atom stereocenters. The molecule has 0 aliphatic rings. The summed E-state index contributed by atoms with van der Waals surface area (Å²) in [6.45, 7) is 4.01. The summed E-state index contributed by atoms with van der Waals surface area (Å²) < 4.78 is 23.5. The van der Waals surface area contributed by atoms with Crippen molar-refractivity contribution in [1.82, 2.24) is 0 Å². The highest BCUT2D eigenvalue weighted by molar-refractivity contribution is 7.90. The number of hydrogen-bond donors (Lipinski definition) is 1. The summed E-state index contributed by atoms with van der Waals surface area (Å²) >= 11 is 1.42. The SMILES string of the molecule is CCc1cc(C(=O)Nc2ccccc2S(C)(=O)=O)sc1C. The van der Waals surface area contributed by atoms with Crippen molar-refractivity contribution in [3.8, 4) is 0 Å². The van der Waals surface area contributed by atoms with Gasteiger partial charge in [-0.1, -0.05) is 19.1 Å². The first-order chi connectivity index (χ1) is 9.82. The summed E-state index contributed by atoms with van der Waals surface area (Å²) in [4.78, 5) is 14.1. The summed E-state index contributed by atoms with van der Waals surface area (Å²) in [6.07, 6.45) is 2.00. The molecule has 2 aromatic rings. The number of anilines is 1. The Morgan fingerprint density at radius 1 is 1.29 bits per heavy atom. The minimum atomic E-state index is -3.38. The maximum absolute atomic E-state index is 12.3. The third-order valence-electron chi connectivity index (χ3n) is 3.16. The lowest BCUT2D eigenvalue weighted by molar-refractivity contribution is 0.103. The van der Waals surface area contributed by atoms with Crippen molar-refractivity contribution in [1.29, 1.82) is 0 Å². The summed E-state index contributed by atoms with van der Waals surface area (Å²) in [5.41, 5.74) is 1.45. The van der Waals surface area contributed by atoms with Crippen LogP contribution in [-0.2, 0) is 16.3 Å². The van der Waals surface area contributed by atoms with Crippen molar-refractivity contribution in [2.45, 2.75) is 25.2 Å². The average molecular weight is 323 g/mol. The molecule has 1 amide bonds. The molecule has 112 valence electrons. The topological polar surface area (TPSA) is 63.2 Å². The van der Waals surface area contributed by atoms with Gasteiger partial charge in [0.15, 0.2) is 9.84 Å². The molecular formula is C15H17NO3S2. The smallest absolute Gasteiger partial charge is 0.265 e. The first kappa shape index (κ1) is 15.7. The Balaban J connectivity index is 2.32. The van der Waals surface area contributed by atoms with Crippen LogP contribution in [0.1, 0.15) is 27.0 Å². The van der Waals surface area contributed by atoms with Crippen molar-refractivity contribution in [2.75, 3.05) is 11.6 Å². The summed E-state index contributed by atoms with van der Waals surface area (Å²) in [5.74, 6) is -0.279. The Hall–Kier alpha value is -1.66. The van der Waals surface area contributed by atoms with Gasteiger partial charge in [-0.05, 0) is 37.1 Å². The highest BCUT2D eigenvalue weighted by Crippen LogP contribution is 2.25. The molecule has 0 aliphatic carbocycles. The molecule has 0 spiro atoms. The average Bonchev–Trinajstić information content (AvgIpc) is 2.79. The number of amides is 1. The minimum absolute atomic E-state index is 0.127. The molecule has 6 heteroatoms. The molecule has 0 atom stereocenters. The molecule has 0 fully saturated rings. The molecule has 0 saturated carbocycles. The second-order valence-electron chi connectivity index (χ2n) is 4.77. The van der Waals surface area contributed by atoms with Gasteiger partial charge in [0.05, 0.1) is 15.5 Å². The third kappa shape index (κ3) is 3.51. The molecule has 0 radical (unpaired) electrons. The van der Waals surface area contributed by atoms with E-state index in [0.29, 0.717) is 10.6 Å². The Bertz CT molecular complexity index is 776. The van der Waals surface area contributed by atoms with Gasteiger partial charge < -0.3 is 5.32 Å². The van der Waals surface area contributed by atoms with Crippen LogP contribution in [0.4, 0.5) is 5.69 Å². The zero-order valence-corrected chi connectivity index (χ0v) is 13.8. The van der Waals surface area contributed by atoms with Gasteiger partial charge in [-0.2, -0.15) is 0 Å². The van der Waals surface area contributed by atoms with Crippen LogP contribution in [-0.4, -0.2) is 20.6 Å². The zero-order chi connectivity index (χ0) is 15.6. The van der Waals surface area contributed by atoms with E-state index in [0.717, 1.165) is 23.1 Å². The van der Waals surface area contributed by atoms with E-state index in [-0.39, 0.29) is 10.8 Å². The lowest BCUT2D eigenvalue weighted by atomic mass is 10.2. The fourth-order valence-electron chi connectivity index (χ4n) is 2.06. The molecule has 1 aromatic carbocycles. The molecule has 0 bridgehead atoms. The number of para-hydroxylation sites is 1. The predicted molar refractivity (Wildman–Crippen MR) is 85.9 cm³/mol. The van der Waals surface area contributed by atoms with Gasteiger partial charge in [-0.3, -0.25) is 4.79 Å². The third-order valence-corrected chi connectivity index (χ3v) is 5.41. The first-order valence-electron chi connectivity index (χ1n) is 6.52. The van der Waals surface area contributed by atoms with Crippen molar-refractivity contribution >= 4 is 32.8 Å². The quantitative estimate of drug-likeness (QED) is 0.939. The molecule has 4 nitrogen and oxygen atoms in total. The van der Waals surface area contributed by atoms with E-state index in [1.165, 1.54) is 17.4 Å². The first-order valence-corrected chi connectivity index (χ1v) is 9.23. The Morgan fingerprint density at radius 2 is 1.95 bits per heavy atom. The summed E-state index contributed by atoms with van der Waals surface area (Å²) in [6, 6.07) is 8.27. The van der Waals surface area contributed by atoms with Crippen LogP contribution in [0.3, 0.4) is 0 Å². The largest absolute Gasteiger partial charge is 0.320 e. The number of carbonyl (C=O) groups is 1. The summed E-state index contributed by atoms with van der Waals surface area (Å²) in [5, 5.41) is 2.69. The minimum Gasteiger partial charge on any atom is -0.320 e. The van der Waals surface area contributed by atoms with Crippen LogP contribution < -0.4 is 5.32 Å². The second-order valence-corrected chi connectivity index (χ2v) is 8.01. The fraction of sp³-hybridized carbons (Fsp3) is 0.267.